The molecule has 4 rings (SSSR count). The predicted octanol–water partition coefficient (Wildman–Crippen LogP) is 4.60. The van der Waals surface area contributed by atoms with Gasteiger partial charge in [0.1, 0.15) is 35.8 Å². The number of hydrogen-bond donors (Lipinski definition) is 0. The second-order valence-corrected chi connectivity index (χ2v) is 8.22. The molecule has 1 aromatic heterocycles. The zero-order chi connectivity index (χ0) is 22.0. The van der Waals surface area contributed by atoms with Crippen molar-refractivity contribution in [3.05, 3.63) is 74.4 Å². The molecule has 0 aliphatic carbocycles. The Balaban J connectivity index is 1.50. The summed E-state index contributed by atoms with van der Waals surface area (Å²) in [5.74, 6) is 1.15. The van der Waals surface area contributed by atoms with E-state index in [0.717, 1.165) is 16.9 Å². The van der Waals surface area contributed by atoms with Gasteiger partial charge in [0.15, 0.2) is 0 Å². The van der Waals surface area contributed by atoms with Crippen LogP contribution in [0.1, 0.15) is 11.1 Å². The number of rotatable bonds is 6. The maximum Gasteiger partial charge on any atom is 0.352 e. The summed E-state index contributed by atoms with van der Waals surface area (Å²) >= 11 is 5.34. The smallest absolute Gasteiger partial charge is 0.352 e. The highest BCUT2D eigenvalue weighted by molar-refractivity contribution is 14.1. The Morgan fingerprint density at radius 1 is 1.23 bits per heavy atom. The highest BCUT2D eigenvalue weighted by atomic mass is 127. The first-order chi connectivity index (χ1) is 15.0. The molecule has 0 radical (unpaired) electrons. The molecule has 0 bridgehead atoms. The van der Waals surface area contributed by atoms with E-state index in [2.05, 4.69) is 54.5 Å². The Morgan fingerprint density at radius 2 is 2.06 bits per heavy atom. The van der Waals surface area contributed by atoms with E-state index in [-0.39, 0.29) is 29.5 Å². The molecule has 10 heteroatoms. The van der Waals surface area contributed by atoms with Crippen LogP contribution in [-0.2, 0) is 13.2 Å². The number of fused-ring (bicyclic) bond motifs is 1. The predicted molar refractivity (Wildman–Crippen MR) is 124 cm³/mol. The van der Waals surface area contributed by atoms with Crippen molar-refractivity contribution < 1.29 is 13.9 Å². The van der Waals surface area contributed by atoms with E-state index in [1.807, 2.05) is 0 Å². The Morgan fingerprint density at radius 3 is 2.81 bits per heavy atom. The minimum absolute atomic E-state index is 0.127. The van der Waals surface area contributed by atoms with Crippen LogP contribution in [0.15, 0.2) is 51.7 Å². The molecule has 0 N–H and O–H groups in total. The number of nitrogens with zero attached hydrogens (tertiary/aromatic N) is 4. The lowest BCUT2D eigenvalue weighted by Crippen LogP contribution is -2.22. The van der Waals surface area contributed by atoms with Crippen LogP contribution in [0, 0.1) is 17.1 Å². The van der Waals surface area contributed by atoms with Crippen molar-refractivity contribution in [2.75, 3.05) is 16.0 Å². The van der Waals surface area contributed by atoms with E-state index in [1.54, 1.807) is 34.9 Å². The zero-order valence-corrected chi connectivity index (χ0v) is 19.8. The highest BCUT2D eigenvalue weighted by Crippen LogP contribution is 2.29. The third-order valence-electron chi connectivity index (χ3n) is 4.70. The van der Waals surface area contributed by atoms with Crippen LogP contribution in [0.5, 0.6) is 17.4 Å². The zero-order valence-electron chi connectivity index (χ0n) is 16.0. The van der Waals surface area contributed by atoms with E-state index >= 15 is 0 Å². The average molecular weight is 597 g/mol. The summed E-state index contributed by atoms with van der Waals surface area (Å²) in [6.07, 6.45) is 0. The van der Waals surface area contributed by atoms with E-state index in [1.165, 1.54) is 12.1 Å². The number of aromatic nitrogens is 2. The molecule has 7 nitrogen and oxygen atoms in total. The molecular weight excluding hydrogens is 582 g/mol. The van der Waals surface area contributed by atoms with Gasteiger partial charge in [0.05, 0.1) is 14.6 Å². The summed E-state index contributed by atoms with van der Waals surface area (Å²) in [6.45, 7) is 1.50. The van der Waals surface area contributed by atoms with E-state index in [9.17, 15) is 14.4 Å². The molecule has 0 amide bonds. The molecule has 0 saturated carbocycles. The second-order valence-electron chi connectivity index (χ2n) is 6.68. The Labute approximate surface area is 199 Å². The minimum atomic E-state index is -0.458. The van der Waals surface area contributed by atoms with Gasteiger partial charge in [0, 0.05) is 25.2 Å². The lowest BCUT2D eigenvalue weighted by Gasteiger charge is -2.15. The van der Waals surface area contributed by atoms with E-state index < -0.39 is 5.82 Å². The SMILES string of the molecule is N#Cc1cc(COc2cc3n(c(=O)n2)CCN3CI)ccc1Oc1ccc(Br)c(F)c1. The van der Waals surface area contributed by atoms with Gasteiger partial charge in [-0.3, -0.25) is 4.57 Å². The van der Waals surface area contributed by atoms with Crippen LogP contribution in [-0.4, -0.2) is 20.6 Å². The molecule has 1 aliphatic heterocycles. The first-order valence-electron chi connectivity index (χ1n) is 9.20. The third-order valence-corrected chi connectivity index (χ3v) is 6.16. The first kappa shape index (κ1) is 21.6. The lowest BCUT2D eigenvalue weighted by molar-refractivity contribution is 0.291. The molecule has 3 aromatic rings. The van der Waals surface area contributed by atoms with Gasteiger partial charge >= 0.3 is 5.69 Å². The number of halogens is 3. The van der Waals surface area contributed by atoms with Gasteiger partial charge in [-0.15, -0.1) is 0 Å². The number of benzene rings is 2. The molecular formula is C21H15BrFIN4O3. The molecule has 0 atom stereocenters. The van der Waals surface area contributed by atoms with Crippen LogP contribution in [0.2, 0.25) is 0 Å². The normalized spacial score (nSPS) is 12.4. The maximum absolute atomic E-state index is 13.7. The van der Waals surface area contributed by atoms with Crippen LogP contribution in [0.4, 0.5) is 10.2 Å². The average Bonchev–Trinajstić information content (AvgIpc) is 3.19. The number of hydrogen-bond acceptors (Lipinski definition) is 6. The topological polar surface area (TPSA) is 80.4 Å². The standard InChI is InChI=1S/C21H15BrFIN4O3/c22-16-3-2-15(8-17(16)23)31-18-4-1-13(7-14(18)10-25)11-30-19-9-20-27(12-24)5-6-28(20)21(29)26-19/h1-4,7-9H,5-6,11-12H2. The highest BCUT2D eigenvalue weighted by Gasteiger charge is 2.21. The Kier molecular flexibility index (Phi) is 6.43. The Hall–Kier alpha value is -2.65. The first-order valence-corrected chi connectivity index (χ1v) is 11.5. The van der Waals surface area contributed by atoms with Gasteiger partial charge in [-0.25, -0.2) is 9.18 Å². The molecule has 31 heavy (non-hydrogen) atoms. The number of alkyl halides is 1. The van der Waals surface area contributed by atoms with Crippen molar-refractivity contribution in [2.45, 2.75) is 13.2 Å². The number of anilines is 1. The quantitative estimate of drug-likeness (QED) is 0.235. The van der Waals surface area contributed by atoms with Gasteiger partial charge in [-0.05, 0) is 45.8 Å². The van der Waals surface area contributed by atoms with Crippen molar-refractivity contribution >= 4 is 44.3 Å². The molecule has 1 aliphatic rings. The summed E-state index contributed by atoms with van der Waals surface area (Å²) in [4.78, 5) is 18.3. The molecule has 158 valence electrons. The van der Waals surface area contributed by atoms with Gasteiger partial charge < -0.3 is 14.4 Å². The number of ether oxygens (including phenoxy) is 2. The summed E-state index contributed by atoms with van der Waals surface area (Å²) in [5, 5.41) is 9.49. The molecule has 0 fully saturated rings. The molecule has 2 aromatic carbocycles. The Bertz CT molecular complexity index is 1240. The van der Waals surface area contributed by atoms with Gasteiger partial charge in [-0.1, -0.05) is 28.7 Å². The molecule has 2 heterocycles. The summed E-state index contributed by atoms with van der Waals surface area (Å²) in [6, 6.07) is 13.2. The van der Waals surface area contributed by atoms with Crippen LogP contribution >= 0.6 is 38.5 Å². The van der Waals surface area contributed by atoms with Gasteiger partial charge in [-0.2, -0.15) is 10.2 Å². The van der Waals surface area contributed by atoms with Crippen molar-refractivity contribution in [2.24, 2.45) is 0 Å². The summed E-state index contributed by atoms with van der Waals surface area (Å²) in [7, 11) is 0. The summed E-state index contributed by atoms with van der Waals surface area (Å²) < 4.78 is 27.8. The maximum atomic E-state index is 13.7. The fraction of sp³-hybridized carbons (Fsp3) is 0.190. The minimum Gasteiger partial charge on any atom is -0.473 e. The summed E-state index contributed by atoms with van der Waals surface area (Å²) in [5.41, 5.74) is 0.643. The van der Waals surface area contributed by atoms with E-state index in [4.69, 9.17) is 9.47 Å². The van der Waals surface area contributed by atoms with E-state index in [0.29, 0.717) is 22.3 Å². The molecule has 0 saturated heterocycles. The van der Waals surface area contributed by atoms with Crippen molar-refractivity contribution in [3.63, 3.8) is 0 Å². The van der Waals surface area contributed by atoms with Gasteiger partial charge in [0.25, 0.3) is 0 Å². The van der Waals surface area contributed by atoms with Crippen LogP contribution in [0.25, 0.3) is 0 Å². The van der Waals surface area contributed by atoms with Crippen LogP contribution < -0.4 is 20.1 Å². The fourth-order valence-electron chi connectivity index (χ4n) is 3.14. The van der Waals surface area contributed by atoms with Crippen molar-refractivity contribution in [1.82, 2.24) is 9.55 Å². The second kappa shape index (κ2) is 9.23. The van der Waals surface area contributed by atoms with Crippen LogP contribution in [0.3, 0.4) is 0 Å². The third kappa shape index (κ3) is 4.67. The monoisotopic (exact) mass is 596 g/mol. The van der Waals surface area contributed by atoms with Gasteiger partial charge in [0.2, 0.25) is 5.88 Å². The van der Waals surface area contributed by atoms with Crippen molar-refractivity contribution in [3.8, 4) is 23.4 Å². The fourth-order valence-corrected chi connectivity index (χ4v) is 4.08. The molecule has 0 spiro atoms. The van der Waals surface area contributed by atoms with Crippen molar-refractivity contribution in [1.29, 1.82) is 5.26 Å². The largest absolute Gasteiger partial charge is 0.473 e. The lowest BCUT2D eigenvalue weighted by atomic mass is 10.1. The number of nitriles is 1. The molecule has 0 unspecified atom stereocenters.